The summed E-state index contributed by atoms with van der Waals surface area (Å²) in [5.74, 6) is 1.17. The second-order valence-electron chi connectivity index (χ2n) is 7.27. The van der Waals surface area contributed by atoms with Crippen LogP contribution in [0.4, 0.5) is 0 Å². The van der Waals surface area contributed by atoms with Crippen LogP contribution in [0, 0.1) is 0 Å². The first-order chi connectivity index (χ1) is 14.8. The molecular formula is C26H23NOS2. The zero-order valence-electron chi connectivity index (χ0n) is 16.8. The number of ether oxygens (including phenoxy) is 1. The molecule has 0 saturated carbocycles. The highest BCUT2D eigenvalue weighted by molar-refractivity contribution is 7.11. The van der Waals surface area contributed by atoms with Crippen LogP contribution in [0.25, 0.3) is 5.52 Å². The Morgan fingerprint density at radius 3 is 2.23 bits per heavy atom. The van der Waals surface area contributed by atoms with Crippen LogP contribution < -0.4 is 4.74 Å². The van der Waals surface area contributed by atoms with Gasteiger partial charge in [0.2, 0.25) is 0 Å². The van der Waals surface area contributed by atoms with Gasteiger partial charge in [-0.3, -0.25) is 0 Å². The second kappa shape index (κ2) is 8.50. The molecule has 0 aliphatic rings. The first kappa shape index (κ1) is 19.2. The third-order valence-electron chi connectivity index (χ3n) is 5.44. The number of rotatable bonds is 7. The standard InChI is InChI=1S/C26H23NOS2/c1-2-20-17-21-22(28-18-19-9-4-3-5-10-19)11-6-14-27(21)26(20)25(23-12-7-15-29-23)24-13-8-16-30-24/h3-17,25H,2,18H2,1H3. The number of fused-ring (bicyclic) bond motifs is 1. The molecule has 0 atom stereocenters. The molecule has 0 bridgehead atoms. The molecule has 0 amide bonds. The van der Waals surface area contributed by atoms with Crippen LogP contribution in [-0.2, 0) is 13.0 Å². The summed E-state index contributed by atoms with van der Waals surface area (Å²) in [4.78, 5) is 2.76. The van der Waals surface area contributed by atoms with Crippen molar-refractivity contribution in [3.63, 3.8) is 0 Å². The number of hydrogen-bond donors (Lipinski definition) is 0. The highest BCUT2D eigenvalue weighted by atomic mass is 32.1. The van der Waals surface area contributed by atoms with E-state index in [0.29, 0.717) is 6.61 Å². The van der Waals surface area contributed by atoms with Crippen molar-refractivity contribution >= 4 is 28.2 Å². The topological polar surface area (TPSA) is 13.6 Å². The summed E-state index contributed by atoms with van der Waals surface area (Å²) in [6.07, 6.45) is 3.16. The molecule has 5 aromatic rings. The number of aryl methyl sites for hydroxylation is 1. The zero-order valence-corrected chi connectivity index (χ0v) is 18.5. The maximum absolute atomic E-state index is 6.26. The van der Waals surface area contributed by atoms with Gasteiger partial charge in [-0.25, -0.2) is 0 Å². The highest BCUT2D eigenvalue weighted by Gasteiger charge is 2.25. The van der Waals surface area contributed by atoms with Crippen molar-refractivity contribution in [1.82, 2.24) is 4.40 Å². The lowest BCUT2D eigenvalue weighted by Gasteiger charge is -2.17. The molecule has 0 radical (unpaired) electrons. The molecule has 1 aromatic carbocycles. The summed E-state index contributed by atoms with van der Waals surface area (Å²) in [5, 5.41) is 4.34. The van der Waals surface area contributed by atoms with E-state index in [-0.39, 0.29) is 5.92 Å². The average molecular weight is 430 g/mol. The average Bonchev–Trinajstić information content (AvgIpc) is 3.56. The van der Waals surface area contributed by atoms with Gasteiger partial charge < -0.3 is 9.14 Å². The molecular weight excluding hydrogens is 406 g/mol. The van der Waals surface area contributed by atoms with Gasteiger partial charge in [-0.15, -0.1) is 22.7 Å². The van der Waals surface area contributed by atoms with Crippen molar-refractivity contribution in [2.75, 3.05) is 0 Å². The summed E-state index contributed by atoms with van der Waals surface area (Å²) in [7, 11) is 0. The van der Waals surface area contributed by atoms with E-state index in [1.165, 1.54) is 26.6 Å². The van der Waals surface area contributed by atoms with Gasteiger partial charge in [0.1, 0.15) is 12.4 Å². The summed E-state index contributed by atoms with van der Waals surface area (Å²) in [6.45, 7) is 2.81. The van der Waals surface area contributed by atoms with Crippen LogP contribution in [0.5, 0.6) is 5.75 Å². The van der Waals surface area contributed by atoms with Crippen molar-refractivity contribution in [2.45, 2.75) is 25.9 Å². The van der Waals surface area contributed by atoms with Gasteiger partial charge in [-0.1, -0.05) is 49.4 Å². The maximum Gasteiger partial charge on any atom is 0.143 e. The lowest BCUT2D eigenvalue weighted by Crippen LogP contribution is -2.06. The normalized spacial score (nSPS) is 11.4. The van der Waals surface area contributed by atoms with Gasteiger partial charge in [-0.2, -0.15) is 0 Å². The highest BCUT2D eigenvalue weighted by Crippen LogP contribution is 2.41. The van der Waals surface area contributed by atoms with Gasteiger partial charge in [0.15, 0.2) is 0 Å². The van der Waals surface area contributed by atoms with E-state index in [1.54, 1.807) is 0 Å². The Bertz CT molecular complexity index is 1190. The maximum atomic E-state index is 6.26. The van der Waals surface area contributed by atoms with E-state index in [9.17, 15) is 0 Å². The molecule has 4 heterocycles. The van der Waals surface area contributed by atoms with Crippen molar-refractivity contribution in [3.8, 4) is 5.75 Å². The molecule has 0 spiro atoms. The smallest absolute Gasteiger partial charge is 0.143 e. The van der Waals surface area contributed by atoms with Crippen LogP contribution in [0.1, 0.15) is 39.4 Å². The minimum Gasteiger partial charge on any atom is -0.487 e. The Morgan fingerprint density at radius 2 is 1.60 bits per heavy atom. The van der Waals surface area contributed by atoms with E-state index < -0.39 is 0 Å². The molecule has 4 heteroatoms. The monoisotopic (exact) mass is 429 g/mol. The molecule has 0 N–H and O–H groups in total. The first-order valence-corrected chi connectivity index (χ1v) is 12.0. The molecule has 5 rings (SSSR count). The molecule has 0 fully saturated rings. The van der Waals surface area contributed by atoms with Crippen molar-refractivity contribution < 1.29 is 4.74 Å². The first-order valence-electron chi connectivity index (χ1n) is 10.2. The fraction of sp³-hybridized carbons (Fsp3) is 0.154. The van der Waals surface area contributed by atoms with Crippen LogP contribution in [0.3, 0.4) is 0 Å². The second-order valence-corrected chi connectivity index (χ2v) is 9.23. The van der Waals surface area contributed by atoms with Gasteiger partial charge in [0.05, 0.1) is 11.4 Å². The van der Waals surface area contributed by atoms with E-state index in [1.807, 2.05) is 28.7 Å². The lowest BCUT2D eigenvalue weighted by molar-refractivity contribution is 0.309. The minimum absolute atomic E-state index is 0.242. The van der Waals surface area contributed by atoms with Gasteiger partial charge in [0, 0.05) is 21.6 Å². The van der Waals surface area contributed by atoms with Crippen molar-refractivity contribution in [2.24, 2.45) is 0 Å². The van der Waals surface area contributed by atoms with Crippen LogP contribution in [0.2, 0.25) is 0 Å². The molecule has 2 nitrogen and oxygen atoms in total. The van der Waals surface area contributed by atoms with Crippen LogP contribution in [-0.4, -0.2) is 4.40 Å². The third-order valence-corrected chi connectivity index (χ3v) is 7.32. The van der Waals surface area contributed by atoms with Gasteiger partial charge in [0.25, 0.3) is 0 Å². The van der Waals surface area contributed by atoms with Gasteiger partial charge >= 0.3 is 0 Å². The quantitative estimate of drug-likeness (QED) is 0.263. The Balaban J connectivity index is 1.61. The summed E-state index contributed by atoms with van der Waals surface area (Å²) < 4.78 is 8.60. The van der Waals surface area contributed by atoms with Gasteiger partial charge in [-0.05, 0) is 58.6 Å². The molecule has 0 aliphatic heterocycles. The van der Waals surface area contributed by atoms with E-state index in [0.717, 1.165) is 17.7 Å². The molecule has 0 aliphatic carbocycles. The zero-order chi connectivity index (χ0) is 20.3. The number of hydrogen-bond acceptors (Lipinski definition) is 3. The van der Waals surface area contributed by atoms with E-state index in [4.69, 9.17) is 4.74 Å². The minimum atomic E-state index is 0.242. The van der Waals surface area contributed by atoms with Crippen molar-refractivity contribution in [1.29, 1.82) is 0 Å². The number of benzene rings is 1. The largest absolute Gasteiger partial charge is 0.487 e. The molecule has 30 heavy (non-hydrogen) atoms. The van der Waals surface area contributed by atoms with Crippen LogP contribution in [0.15, 0.2) is 89.8 Å². The van der Waals surface area contributed by atoms with E-state index in [2.05, 4.69) is 95.0 Å². The molecule has 4 aromatic heterocycles. The van der Waals surface area contributed by atoms with Crippen molar-refractivity contribution in [3.05, 3.63) is 116 Å². The van der Waals surface area contributed by atoms with E-state index >= 15 is 0 Å². The Kier molecular flexibility index (Phi) is 5.43. The number of nitrogens with zero attached hydrogens (tertiary/aromatic N) is 1. The Hall–Kier alpha value is -2.82. The Morgan fingerprint density at radius 1 is 0.867 bits per heavy atom. The number of aromatic nitrogens is 1. The number of pyridine rings is 1. The predicted octanol–water partition coefficient (Wildman–Crippen LogP) is 7.38. The summed E-state index contributed by atoms with van der Waals surface area (Å²) >= 11 is 3.66. The Labute approximate surface area is 185 Å². The third kappa shape index (κ3) is 3.57. The lowest BCUT2D eigenvalue weighted by atomic mass is 9.97. The SMILES string of the molecule is CCc1cc2c(OCc3ccccc3)cccn2c1C(c1cccs1)c1cccs1. The fourth-order valence-electron chi connectivity index (χ4n) is 4.03. The molecule has 0 unspecified atom stereocenters. The summed E-state index contributed by atoms with van der Waals surface area (Å²) in [6, 6.07) is 25.6. The molecule has 150 valence electrons. The van der Waals surface area contributed by atoms with Crippen LogP contribution >= 0.6 is 22.7 Å². The summed E-state index contributed by atoms with van der Waals surface area (Å²) in [5.41, 5.74) is 5.04. The predicted molar refractivity (Wildman–Crippen MR) is 127 cm³/mol. The molecule has 0 saturated heterocycles. The number of thiophene rings is 2. The fourth-order valence-corrected chi connectivity index (χ4v) is 5.80.